The molecule has 3 rings (SSSR count). The minimum atomic E-state index is -4.39. The van der Waals surface area contributed by atoms with Crippen LogP contribution in [0.4, 0.5) is 24.5 Å². The summed E-state index contributed by atoms with van der Waals surface area (Å²) < 4.78 is 38.2. The van der Waals surface area contributed by atoms with Gasteiger partial charge in [0.2, 0.25) is 0 Å². The number of anilines is 2. The van der Waals surface area contributed by atoms with Crippen LogP contribution in [0.2, 0.25) is 0 Å². The highest BCUT2D eigenvalue weighted by atomic mass is 19.4. The molecule has 1 fully saturated rings. The zero-order valence-corrected chi connectivity index (χ0v) is 15.6. The van der Waals surface area contributed by atoms with Gasteiger partial charge in [0.05, 0.1) is 17.7 Å². The lowest BCUT2D eigenvalue weighted by atomic mass is 10.0. The van der Waals surface area contributed by atoms with E-state index < -0.39 is 17.3 Å². The summed E-state index contributed by atoms with van der Waals surface area (Å²) in [6.07, 6.45) is -3.83. The fourth-order valence-electron chi connectivity index (χ4n) is 3.11. The van der Waals surface area contributed by atoms with Crippen molar-refractivity contribution in [2.75, 3.05) is 25.0 Å². The molecule has 156 valence electrons. The van der Waals surface area contributed by atoms with Gasteiger partial charge >= 0.3 is 6.18 Å². The van der Waals surface area contributed by atoms with Crippen molar-refractivity contribution < 1.29 is 18.3 Å². The number of benzene rings is 2. The zero-order valence-electron chi connectivity index (χ0n) is 15.6. The number of hydrogen-bond acceptors (Lipinski definition) is 6. The summed E-state index contributed by atoms with van der Waals surface area (Å²) in [5, 5.41) is 21.7. The van der Waals surface area contributed by atoms with Gasteiger partial charge < -0.3 is 21.5 Å². The van der Waals surface area contributed by atoms with E-state index in [0.717, 1.165) is 17.3 Å². The minimum absolute atomic E-state index is 0.106. The highest BCUT2D eigenvalue weighted by Gasteiger charge is 2.32. The topological polar surface area (TPSA) is 112 Å². The fourth-order valence-corrected chi connectivity index (χ4v) is 3.11. The molecule has 7 nitrogen and oxygen atoms in total. The Bertz CT molecular complexity index is 863. The minimum Gasteiger partial charge on any atom is -0.387 e. The van der Waals surface area contributed by atoms with Crippen molar-refractivity contribution in [3.63, 3.8) is 0 Å². The predicted molar refractivity (Wildman–Crippen MR) is 105 cm³/mol. The maximum absolute atomic E-state index is 12.7. The number of nitrogens with zero attached hydrogens (tertiary/aromatic N) is 2. The second-order valence-corrected chi connectivity index (χ2v) is 6.98. The Kier molecular flexibility index (Phi) is 5.96. The number of rotatable bonds is 6. The lowest BCUT2D eigenvalue weighted by molar-refractivity contribution is -0.137. The average Bonchev–Trinajstić information content (AvgIpc) is 3.07. The Hall–Kier alpha value is -2.82. The smallest absolute Gasteiger partial charge is 0.387 e. The molecule has 2 aromatic carbocycles. The Balaban J connectivity index is 1.75. The van der Waals surface area contributed by atoms with Crippen LogP contribution in [0.25, 0.3) is 0 Å². The number of hydrogen-bond donors (Lipinski definition) is 5. The van der Waals surface area contributed by atoms with E-state index in [9.17, 15) is 18.3 Å². The van der Waals surface area contributed by atoms with E-state index in [1.54, 1.807) is 24.3 Å². The lowest BCUT2D eigenvalue weighted by Gasteiger charge is -2.25. The monoisotopic (exact) mass is 408 g/mol. The molecule has 0 saturated carbocycles. The van der Waals surface area contributed by atoms with Crippen molar-refractivity contribution >= 4 is 17.2 Å². The Labute approximate surface area is 166 Å². The van der Waals surface area contributed by atoms with E-state index in [-0.39, 0.29) is 12.4 Å². The van der Waals surface area contributed by atoms with Gasteiger partial charge in [0.25, 0.3) is 0 Å². The SMILES string of the molecule is N/C(=N\N(N)CC1(O)CCNC1)c1ccccc1Nc1ccc(C(F)(F)F)cc1. The highest BCUT2D eigenvalue weighted by Crippen LogP contribution is 2.30. The molecule has 1 saturated heterocycles. The second-order valence-electron chi connectivity index (χ2n) is 6.98. The number of amidine groups is 1. The molecular formula is C19H23F3N6O. The molecule has 1 heterocycles. The third-order valence-corrected chi connectivity index (χ3v) is 4.61. The molecule has 1 aliphatic rings. The number of para-hydroxylation sites is 1. The summed E-state index contributed by atoms with van der Waals surface area (Å²) in [7, 11) is 0. The van der Waals surface area contributed by atoms with E-state index >= 15 is 0 Å². The normalized spacial score (nSPS) is 20.0. The standard InChI is InChI=1S/C19H23F3N6O/c20-19(21,22)13-5-7-14(8-6-13)26-16-4-2-1-3-15(16)17(23)27-28(24)12-18(29)9-10-25-11-18/h1-8,25-26,29H,9-12,24H2,(H2,23,27). The van der Waals surface area contributed by atoms with Crippen LogP contribution in [0.5, 0.6) is 0 Å². The highest BCUT2D eigenvalue weighted by molar-refractivity contribution is 6.02. The van der Waals surface area contributed by atoms with Gasteiger partial charge in [-0.15, -0.1) is 5.10 Å². The number of alkyl halides is 3. The number of halogens is 3. The molecule has 29 heavy (non-hydrogen) atoms. The van der Waals surface area contributed by atoms with Crippen LogP contribution in [0.3, 0.4) is 0 Å². The first kappa shape index (κ1) is 20.9. The van der Waals surface area contributed by atoms with Gasteiger partial charge in [-0.2, -0.15) is 13.2 Å². The summed E-state index contributed by atoms with van der Waals surface area (Å²) in [5.41, 5.74) is 5.94. The molecule has 1 unspecified atom stereocenters. The van der Waals surface area contributed by atoms with Crippen molar-refractivity contribution in [1.82, 2.24) is 10.4 Å². The van der Waals surface area contributed by atoms with E-state index in [1.807, 2.05) is 0 Å². The van der Waals surface area contributed by atoms with Gasteiger partial charge in [-0.05, 0) is 49.4 Å². The molecule has 2 aromatic rings. The summed E-state index contributed by atoms with van der Waals surface area (Å²) >= 11 is 0. The zero-order chi connectivity index (χ0) is 21.1. The predicted octanol–water partition coefficient (Wildman–Crippen LogP) is 1.97. The second kappa shape index (κ2) is 8.27. The van der Waals surface area contributed by atoms with Crippen LogP contribution in [-0.2, 0) is 6.18 Å². The van der Waals surface area contributed by atoms with Crippen LogP contribution < -0.4 is 22.2 Å². The van der Waals surface area contributed by atoms with Crippen LogP contribution >= 0.6 is 0 Å². The van der Waals surface area contributed by atoms with Crippen LogP contribution in [-0.4, -0.2) is 41.3 Å². The maximum Gasteiger partial charge on any atom is 0.416 e. The van der Waals surface area contributed by atoms with E-state index in [0.29, 0.717) is 36.4 Å². The summed E-state index contributed by atoms with van der Waals surface area (Å²) in [5.74, 6) is 6.00. The Morgan fingerprint density at radius 1 is 1.21 bits per heavy atom. The van der Waals surface area contributed by atoms with E-state index in [4.69, 9.17) is 11.6 Å². The van der Waals surface area contributed by atoms with Crippen molar-refractivity contribution in [2.45, 2.75) is 18.2 Å². The fraction of sp³-hybridized carbons (Fsp3) is 0.316. The first-order valence-electron chi connectivity index (χ1n) is 8.99. The lowest BCUT2D eigenvalue weighted by Crippen LogP contribution is -2.46. The van der Waals surface area contributed by atoms with Gasteiger partial charge in [-0.1, -0.05) is 12.1 Å². The van der Waals surface area contributed by atoms with Crippen molar-refractivity contribution in [3.05, 3.63) is 59.7 Å². The largest absolute Gasteiger partial charge is 0.416 e. The maximum atomic E-state index is 12.7. The van der Waals surface area contributed by atoms with Crippen LogP contribution in [0.15, 0.2) is 53.6 Å². The summed E-state index contributed by atoms with van der Waals surface area (Å²) in [4.78, 5) is 0. The quantitative estimate of drug-likeness (QED) is 0.216. The average molecular weight is 408 g/mol. The van der Waals surface area contributed by atoms with Gasteiger partial charge in [-0.25, -0.2) is 11.0 Å². The first-order chi connectivity index (χ1) is 13.7. The molecule has 0 spiro atoms. The number of nitrogens with two attached hydrogens (primary N) is 2. The third-order valence-electron chi connectivity index (χ3n) is 4.61. The van der Waals surface area contributed by atoms with Gasteiger partial charge in [-0.3, -0.25) is 0 Å². The van der Waals surface area contributed by atoms with Crippen molar-refractivity contribution in [3.8, 4) is 0 Å². The molecule has 0 aromatic heterocycles. The first-order valence-corrected chi connectivity index (χ1v) is 8.99. The Morgan fingerprint density at radius 2 is 1.90 bits per heavy atom. The summed E-state index contributed by atoms with van der Waals surface area (Å²) in [6.45, 7) is 1.22. The van der Waals surface area contributed by atoms with Crippen molar-refractivity contribution in [2.24, 2.45) is 16.7 Å². The third kappa shape index (κ3) is 5.37. The van der Waals surface area contributed by atoms with Gasteiger partial charge in [0.15, 0.2) is 5.84 Å². The molecular weight excluding hydrogens is 385 g/mol. The number of nitrogens with one attached hydrogen (secondary N) is 2. The van der Waals surface area contributed by atoms with E-state index in [1.165, 1.54) is 12.1 Å². The molecule has 0 bridgehead atoms. The molecule has 0 radical (unpaired) electrons. The molecule has 1 aliphatic heterocycles. The number of aliphatic hydroxyl groups is 1. The Morgan fingerprint density at radius 3 is 2.52 bits per heavy atom. The van der Waals surface area contributed by atoms with Crippen LogP contribution in [0, 0.1) is 0 Å². The van der Waals surface area contributed by atoms with Crippen molar-refractivity contribution in [1.29, 1.82) is 0 Å². The van der Waals surface area contributed by atoms with Gasteiger partial charge in [0, 0.05) is 23.5 Å². The van der Waals surface area contributed by atoms with E-state index in [2.05, 4.69) is 15.7 Å². The van der Waals surface area contributed by atoms with Crippen LogP contribution in [0.1, 0.15) is 17.5 Å². The number of hydrazone groups is 1. The number of β-amino-alcohol motifs (C(OH)–C–C–N with tert-alkyl or cyclic N) is 1. The van der Waals surface area contributed by atoms with Gasteiger partial charge in [0.1, 0.15) is 0 Å². The molecule has 0 aliphatic carbocycles. The molecule has 1 atom stereocenters. The molecule has 7 N–H and O–H groups in total. The molecule has 0 amide bonds. The summed E-state index contributed by atoms with van der Waals surface area (Å²) in [6, 6.07) is 11.6. The number of hydrazine groups is 1. The molecule has 10 heteroatoms.